The SMILES string of the molecule is C=C(Nc1cncc(/C(C)=C/C=c2/[nH]nc(-c3nc4c(-c5cccc(C)c5)cccc4[nH]3)c2=C)c1)C1CC1. The number of nitrogens with one attached hydrogen (secondary N) is 3. The Bertz CT molecular complexity index is 1820. The normalized spacial score (nSPS) is 14.3. The van der Waals surface area contributed by atoms with E-state index in [0.29, 0.717) is 17.4 Å². The van der Waals surface area contributed by atoms with Crippen molar-refractivity contribution >= 4 is 34.9 Å². The highest BCUT2D eigenvalue weighted by molar-refractivity contribution is 5.93. The Morgan fingerprint density at radius 1 is 1.11 bits per heavy atom. The molecule has 0 aliphatic heterocycles. The van der Waals surface area contributed by atoms with Gasteiger partial charge in [-0.2, -0.15) is 5.10 Å². The first-order valence-corrected chi connectivity index (χ1v) is 12.9. The quantitative estimate of drug-likeness (QED) is 0.259. The Morgan fingerprint density at radius 2 is 1.95 bits per heavy atom. The lowest BCUT2D eigenvalue weighted by Crippen LogP contribution is -2.21. The summed E-state index contributed by atoms with van der Waals surface area (Å²) in [5, 5.41) is 12.7. The highest BCUT2D eigenvalue weighted by Gasteiger charge is 2.24. The fourth-order valence-electron chi connectivity index (χ4n) is 4.65. The molecule has 0 amide bonds. The maximum atomic E-state index is 4.93. The number of benzene rings is 2. The second-order valence-corrected chi connectivity index (χ2v) is 10.0. The molecule has 1 saturated carbocycles. The third-order valence-electron chi connectivity index (χ3n) is 7.03. The number of aromatic amines is 2. The van der Waals surface area contributed by atoms with Crippen molar-refractivity contribution in [3.05, 3.63) is 101 Å². The van der Waals surface area contributed by atoms with Crippen LogP contribution >= 0.6 is 0 Å². The molecule has 5 aromatic rings. The number of rotatable bonds is 7. The van der Waals surface area contributed by atoms with Crippen LogP contribution < -0.4 is 15.9 Å². The van der Waals surface area contributed by atoms with Crippen molar-refractivity contribution in [1.82, 2.24) is 25.1 Å². The van der Waals surface area contributed by atoms with Gasteiger partial charge in [-0.3, -0.25) is 10.1 Å². The highest BCUT2D eigenvalue weighted by atomic mass is 15.1. The van der Waals surface area contributed by atoms with Gasteiger partial charge in [-0.1, -0.05) is 61.2 Å². The van der Waals surface area contributed by atoms with Crippen molar-refractivity contribution in [3.63, 3.8) is 0 Å². The number of pyridine rings is 1. The second-order valence-electron chi connectivity index (χ2n) is 10.0. The summed E-state index contributed by atoms with van der Waals surface area (Å²) in [6, 6.07) is 16.8. The number of anilines is 1. The van der Waals surface area contributed by atoms with Crippen LogP contribution in [0.4, 0.5) is 5.69 Å². The van der Waals surface area contributed by atoms with Crippen molar-refractivity contribution in [3.8, 4) is 22.6 Å². The summed E-state index contributed by atoms with van der Waals surface area (Å²) in [5.41, 5.74) is 10.2. The number of aryl methyl sites for hydroxylation is 1. The van der Waals surface area contributed by atoms with Crippen LogP contribution in [0, 0.1) is 12.8 Å². The predicted molar refractivity (Wildman–Crippen MR) is 156 cm³/mol. The van der Waals surface area contributed by atoms with Gasteiger partial charge in [0.1, 0.15) is 5.69 Å². The summed E-state index contributed by atoms with van der Waals surface area (Å²) in [6.07, 6.45) is 10.2. The highest BCUT2D eigenvalue weighted by Crippen LogP contribution is 2.36. The van der Waals surface area contributed by atoms with Crippen LogP contribution in [0.1, 0.15) is 30.9 Å². The molecule has 38 heavy (non-hydrogen) atoms. The topological polar surface area (TPSA) is 82.3 Å². The largest absolute Gasteiger partial charge is 0.358 e. The van der Waals surface area contributed by atoms with E-state index in [1.165, 1.54) is 18.4 Å². The Hall–Kier alpha value is -4.71. The lowest BCUT2D eigenvalue weighted by molar-refractivity contribution is 1.02. The van der Waals surface area contributed by atoms with Crippen molar-refractivity contribution in [2.45, 2.75) is 26.7 Å². The monoisotopic (exact) mass is 498 g/mol. The summed E-state index contributed by atoms with van der Waals surface area (Å²) in [5.74, 6) is 1.29. The van der Waals surface area contributed by atoms with Crippen LogP contribution in [0.5, 0.6) is 0 Å². The number of hydrogen-bond donors (Lipinski definition) is 3. The lowest BCUT2D eigenvalue weighted by atomic mass is 10.0. The van der Waals surface area contributed by atoms with Gasteiger partial charge in [0, 0.05) is 22.7 Å². The molecule has 6 rings (SSSR count). The van der Waals surface area contributed by atoms with Crippen LogP contribution in [-0.4, -0.2) is 25.1 Å². The van der Waals surface area contributed by atoms with Gasteiger partial charge in [-0.05, 0) is 67.5 Å². The Labute approximate surface area is 221 Å². The van der Waals surface area contributed by atoms with E-state index in [2.05, 4.69) is 95.0 Å². The Morgan fingerprint density at radius 3 is 2.76 bits per heavy atom. The maximum Gasteiger partial charge on any atom is 0.159 e. The van der Waals surface area contributed by atoms with E-state index >= 15 is 0 Å². The number of hydrogen-bond acceptors (Lipinski definition) is 4. The van der Waals surface area contributed by atoms with E-state index in [1.54, 1.807) is 0 Å². The third kappa shape index (κ3) is 4.68. The van der Waals surface area contributed by atoms with Gasteiger partial charge in [0.05, 0.1) is 28.3 Å². The molecule has 1 fully saturated rings. The molecule has 0 atom stereocenters. The van der Waals surface area contributed by atoms with Gasteiger partial charge in [-0.25, -0.2) is 4.98 Å². The van der Waals surface area contributed by atoms with Crippen LogP contribution in [0.3, 0.4) is 0 Å². The summed E-state index contributed by atoms with van der Waals surface area (Å²) in [4.78, 5) is 12.8. The van der Waals surface area contributed by atoms with Crippen molar-refractivity contribution in [2.75, 3.05) is 5.32 Å². The standard InChI is InChI=1S/C32H30N6/c1-19-7-5-8-24(15-19)27-9-6-10-29-31(27)36-32(35-29)30-21(3)28(37-38-30)14-11-20(2)25-16-26(18-33-17-25)34-22(4)23-12-13-23/h5-11,14-18,23,34,37H,3-4,12-13H2,1-2H3,(H,35,36)/b20-11+,28-14+. The predicted octanol–water partition coefficient (Wildman–Crippen LogP) is 5.95. The van der Waals surface area contributed by atoms with Gasteiger partial charge >= 0.3 is 0 Å². The molecular weight excluding hydrogens is 468 g/mol. The summed E-state index contributed by atoms with van der Waals surface area (Å²) < 4.78 is 0. The minimum absolute atomic E-state index is 0.592. The van der Waals surface area contributed by atoms with E-state index in [9.17, 15) is 0 Å². The zero-order valence-electron chi connectivity index (χ0n) is 21.7. The summed E-state index contributed by atoms with van der Waals surface area (Å²) >= 11 is 0. The number of aromatic nitrogens is 5. The minimum Gasteiger partial charge on any atom is -0.358 e. The molecule has 1 aliphatic rings. The number of imidazole rings is 1. The molecule has 188 valence electrons. The molecule has 0 radical (unpaired) electrons. The zero-order valence-corrected chi connectivity index (χ0v) is 21.7. The van der Waals surface area contributed by atoms with Crippen LogP contribution in [0.2, 0.25) is 0 Å². The van der Waals surface area contributed by atoms with Gasteiger partial charge in [0.2, 0.25) is 0 Å². The molecule has 0 saturated heterocycles. The van der Waals surface area contributed by atoms with Gasteiger partial charge in [0.15, 0.2) is 5.82 Å². The van der Waals surface area contributed by atoms with E-state index in [0.717, 1.165) is 55.2 Å². The molecule has 3 aromatic heterocycles. The lowest BCUT2D eigenvalue weighted by Gasteiger charge is -2.09. The molecular formula is C32H30N6. The first-order chi connectivity index (χ1) is 18.5. The first-order valence-electron chi connectivity index (χ1n) is 12.9. The minimum atomic E-state index is 0.592. The van der Waals surface area contributed by atoms with Crippen molar-refractivity contribution in [2.24, 2.45) is 5.92 Å². The number of nitrogens with zero attached hydrogens (tertiary/aromatic N) is 3. The molecule has 2 aromatic carbocycles. The summed E-state index contributed by atoms with van der Waals surface area (Å²) in [7, 11) is 0. The van der Waals surface area contributed by atoms with E-state index < -0.39 is 0 Å². The molecule has 0 unspecified atom stereocenters. The fraction of sp³-hybridized carbons (Fsp3) is 0.156. The number of para-hydroxylation sites is 1. The molecule has 6 heteroatoms. The number of H-pyrrole nitrogens is 2. The molecule has 3 heterocycles. The second kappa shape index (κ2) is 9.63. The molecule has 1 aliphatic carbocycles. The van der Waals surface area contributed by atoms with E-state index in [1.807, 2.05) is 30.6 Å². The average molecular weight is 499 g/mol. The van der Waals surface area contributed by atoms with Crippen LogP contribution in [0.15, 0.2) is 79.3 Å². The maximum absolute atomic E-state index is 4.93. The third-order valence-corrected chi connectivity index (χ3v) is 7.03. The van der Waals surface area contributed by atoms with Gasteiger partial charge in [0.25, 0.3) is 0 Å². The number of fused-ring (bicyclic) bond motifs is 1. The molecule has 3 N–H and O–H groups in total. The smallest absolute Gasteiger partial charge is 0.159 e. The van der Waals surface area contributed by atoms with E-state index in [-0.39, 0.29) is 0 Å². The molecule has 0 bridgehead atoms. The van der Waals surface area contributed by atoms with Crippen LogP contribution in [0.25, 0.3) is 51.9 Å². The first kappa shape index (κ1) is 23.7. The average Bonchev–Trinajstić information content (AvgIpc) is 3.59. The van der Waals surface area contributed by atoms with Gasteiger partial charge in [-0.15, -0.1) is 0 Å². The van der Waals surface area contributed by atoms with Crippen molar-refractivity contribution in [1.29, 1.82) is 0 Å². The van der Waals surface area contributed by atoms with Crippen LogP contribution in [-0.2, 0) is 0 Å². The number of allylic oxidation sites excluding steroid dienone is 3. The zero-order chi connectivity index (χ0) is 26.2. The van der Waals surface area contributed by atoms with Crippen molar-refractivity contribution < 1.29 is 0 Å². The van der Waals surface area contributed by atoms with Gasteiger partial charge < -0.3 is 10.3 Å². The molecule has 6 nitrogen and oxygen atoms in total. The Balaban J connectivity index is 1.29. The Kier molecular flexibility index (Phi) is 6.00. The summed E-state index contributed by atoms with van der Waals surface area (Å²) in [6.45, 7) is 12.6. The fourth-order valence-corrected chi connectivity index (χ4v) is 4.65. The van der Waals surface area contributed by atoms with E-state index in [4.69, 9.17) is 4.98 Å². The molecule has 0 spiro atoms.